The van der Waals surface area contributed by atoms with Gasteiger partial charge in [0.2, 0.25) is 0 Å². The molecule has 0 aliphatic rings. The second-order valence-corrected chi connectivity index (χ2v) is 2.76. The molecule has 0 amide bonds. The second kappa shape index (κ2) is 2.33. The summed E-state index contributed by atoms with van der Waals surface area (Å²) in [4.78, 5) is 10.9. The van der Waals surface area contributed by atoms with Crippen LogP contribution in [0.3, 0.4) is 0 Å². The first-order valence-electron chi connectivity index (χ1n) is 3.37. The highest BCUT2D eigenvalue weighted by Gasteiger charge is 2.02. The van der Waals surface area contributed by atoms with Gasteiger partial charge >= 0.3 is 0 Å². The molecular formula is C7H12N2O. The average molecular weight is 140 g/mol. The van der Waals surface area contributed by atoms with Crippen LogP contribution in [-0.2, 0) is 7.05 Å². The van der Waals surface area contributed by atoms with Crippen molar-refractivity contribution in [1.82, 2.24) is 9.78 Å². The van der Waals surface area contributed by atoms with Crippen molar-refractivity contribution in [2.24, 2.45) is 7.05 Å². The summed E-state index contributed by atoms with van der Waals surface area (Å²) in [6, 6.07) is 1.63. The van der Waals surface area contributed by atoms with E-state index in [1.165, 1.54) is 4.68 Å². The molecule has 1 aromatic heterocycles. The number of aromatic amines is 1. The summed E-state index contributed by atoms with van der Waals surface area (Å²) in [7, 11) is 1.72. The van der Waals surface area contributed by atoms with Crippen LogP contribution in [0, 0.1) is 0 Å². The molecule has 3 nitrogen and oxygen atoms in total. The van der Waals surface area contributed by atoms with Gasteiger partial charge in [-0.3, -0.25) is 14.6 Å². The summed E-state index contributed by atoms with van der Waals surface area (Å²) in [5.74, 6) is 0.397. The number of H-pyrrole nitrogens is 1. The zero-order valence-corrected chi connectivity index (χ0v) is 6.51. The van der Waals surface area contributed by atoms with E-state index < -0.39 is 0 Å². The van der Waals surface area contributed by atoms with Crippen molar-refractivity contribution in [1.29, 1.82) is 0 Å². The van der Waals surface area contributed by atoms with Gasteiger partial charge in [0.25, 0.3) is 5.56 Å². The second-order valence-electron chi connectivity index (χ2n) is 2.76. The third-order valence-electron chi connectivity index (χ3n) is 1.53. The highest BCUT2D eigenvalue weighted by molar-refractivity contribution is 5.03. The molecule has 0 aliphatic carbocycles. The van der Waals surface area contributed by atoms with Crippen LogP contribution in [0.15, 0.2) is 10.9 Å². The first-order chi connectivity index (χ1) is 4.61. The molecule has 0 spiro atoms. The van der Waals surface area contributed by atoms with Gasteiger partial charge in [-0.05, 0) is 5.92 Å². The highest BCUT2D eigenvalue weighted by Crippen LogP contribution is 2.06. The Hall–Kier alpha value is -0.990. The van der Waals surface area contributed by atoms with Crippen molar-refractivity contribution in [3.8, 4) is 0 Å². The maximum Gasteiger partial charge on any atom is 0.266 e. The molecule has 10 heavy (non-hydrogen) atoms. The Bertz CT molecular complexity index is 269. The molecule has 1 N–H and O–H groups in total. The molecule has 0 saturated heterocycles. The fourth-order valence-electron chi connectivity index (χ4n) is 0.807. The topological polar surface area (TPSA) is 37.8 Å². The van der Waals surface area contributed by atoms with E-state index >= 15 is 0 Å². The van der Waals surface area contributed by atoms with Crippen LogP contribution in [0.25, 0.3) is 0 Å². The number of hydrogen-bond acceptors (Lipinski definition) is 1. The number of hydrogen-bond donors (Lipinski definition) is 1. The van der Waals surface area contributed by atoms with E-state index in [2.05, 4.69) is 5.10 Å². The molecule has 56 valence electrons. The van der Waals surface area contributed by atoms with Crippen molar-refractivity contribution in [2.45, 2.75) is 19.8 Å². The Morgan fingerprint density at radius 1 is 1.60 bits per heavy atom. The van der Waals surface area contributed by atoms with Gasteiger partial charge in [0.1, 0.15) is 0 Å². The summed E-state index contributed by atoms with van der Waals surface area (Å²) < 4.78 is 1.48. The molecule has 0 aliphatic heterocycles. The summed E-state index contributed by atoms with van der Waals surface area (Å²) >= 11 is 0. The third kappa shape index (κ3) is 1.12. The van der Waals surface area contributed by atoms with Gasteiger partial charge in [0.15, 0.2) is 0 Å². The fraction of sp³-hybridized carbons (Fsp3) is 0.571. The molecule has 0 atom stereocenters. The van der Waals surface area contributed by atoms with Crippen molar-refractivity contribution < 1.29 is 0 Å². The number of aromatic nitrogens is 2. The van der Waals surface area contributed by atoms with E-state index in [-0.39, 0.29) is 5.56 Å². The van der Waals surface area contributed by atoms with E-state index in [9.17, 15) is 4.79 Å². The van der Waals surface area contributed by atoms with Crippen LogP contribution in [0.5, 0.6) is 0 Å². The monoisotopic (exact) mass is 140 g/mol. The summed E-state index contributed by atoms with van der Waals surface area (Å²) in [6.07, 6.45) is 0. The van der Waals surface area contributed by atoms with Crippen LogP contribution in [0.1, 0.15) is 25.5 Å². The molecular weight excluding hydrogens is 128 g/mol. The maximum atomic E-state index is 10.9. The maximum absolute atomic E-state index is 10.9. The van der Waals surface area contributed by atoms with Gasteiger partial charge in [-0.25, -0.2) is 0 Å². The molecule has 1 rings (SSSR count). The summed E-state index contributed by atoms with van der Waals surface area (Å²) in [6.45, 7) is 4.09. The van der Waals surface area contributed by atoms with Crippen LogP contribution < -0.4 is 5.56 Å². The molecule has 0 bridgehead atoms. The SMILES string of the molecule is CC(C)c1cc(=O)n(C)[nH]1. The van der Waals surface area contributed by atoms with Gasteiger partial charge in [-0.1, -0.05) is 13.8 Å². The van der Waals surface area contributed by atoms with Gasteiger partial charge < -0.3 is 0 Å². The van der Waals surface area contributed by atoms with Crippen molar-refractivity contribution in [3.05, 3.63) is 22.1 Å². The zero-order chi connectivity index (χ0) is 7.72. The normalized spacial score (nSPS) is 10.8. The quantitative estimate of drug-likeness (QED) is 0.616. The lowest BCUT2D eigenvalue weighted by molar-refractivity contribution is 0.697. The zero-order valence-electron chi connectivity index (χ0n) is 6.51. The van der Waals surface area contributed by atoms with E-state index in [4.69, 9.17) is 0 Å². The smallest absolute Gasteiger partial charge is 0.266 e. The minimum atomic E-state index is 0.0312. The van der Waals surface area contributed by atoms with Gasteiger partial charge in [-0.15, -0.1) is 0 Å². The Labute approximate surface area is 59.7 Å². The van der Waals surface area contributed by atoms with Gasteiger partial charge in [0.05, 0.1) is 0 Å². The Kier molecular flexibility index (Phi) is 1.66. The predicted molar refractivity (Wildman–Crippen MR) is 40.1 cm³/mol. The van der Waals surface area contributed by atoms with Crippen molar-refractivity contribution in [2.75, 3.05) is 0 Å². The fourth-order valence-corrected chi connectivity index (χ4v) is 0.807. The lowest BCUT2D eigenvalue weighted by atomic mass is 10.1. The van der Waals surface area contributed by atoms with E-state index in [0.717, 1.165) is 5.69 Å². The lowest BCUT2D eigenvalue weighted by Gasteiger charge is -1.97. The van der Waals surface area contributed by atoms with Crippen LogP contribution in [0.2, 0.25) is 0 Å². The molecule has 1 aromatic rings. The molecule has 1 heterocycles. The first-order valence-corrected chi connectivity index (χ1v) is 3.37. The Morgan fingerprint density at radius 3 is 2.40 bits per heavy atom. The van der Waals surface area contributed by atoms with E-state index in [0.29, 0.717) is 5.92 Å². The van der Waals surface area contributed by atoms with Crippen molar-refractivity contribution in [3.63, 3.8) is 0 Å². The number of nitrogens with zero attached hydrogens (tertiary/aromatic N) is 1. The van der Waals surface area contributed by atoms with Crippen LogP contribution >= 0.6 is 0 Å². The lowest BCUT2D eigenvalue weighted by Crippen LogP contribution is -2.09. The molecule has 0 unspecified atom stereocenters. The third-order valence-corrected chi connectivity index (χ3v) is 1.53. The summed E-state index contributed by atoms with van der Waals surface area (Å²) in [5, 5.41) is 2.95. The van der Waals surface area contributed by atoms with Crippen LogP contribution in [-0.4, -0.2) is 9.78 Å². The van der Waals surface area contributed by atoms with E-state index in [1.54, 1.807) is 13.1 Å². The number of aryl methyl sites for hydroxylation is 1. The Morgan fingerprint density at radius 2 is 2.20 bits per heavy atom. The largest absolute Gasteiger partial charge is 0.300 e. The predicted octanol–water partition coefficient (Wildman–Crippen LogP) is 0.837. The van der Waals surface area contributed by atoms with Gasteiger partial charge in [-0.2, -0.15) is 0 Å². The minimum absolute atomic E-state index is 0.0312. The Balaban J connectivity index is 3.10. The molecule has 3 heteroatoms. The standard InChI is InChI=1S/C7H12N2O/c1-5(2)6-4-7(10)9(3)8-6/h4-5,8H,1-3H3. The first kappa shape index (κ1) is 7.12. The van der Waals surface area contributed by atoms with Crippen molar-refractivity contribution >= 4 is 0 Å². The molecule has 0 saturated carbocycles. The number of rotatable bonds is 1. The molecule has 0 fully saturated rings. The number of nitrogens with one attached hydrogen (secondary N) is 1. The van der Waals surface area contributed by atoms with Crippen LogP contribution in [0.4, 0.5) is 0 Å². The van der Waals surface area contributed by atoms with E-state index in [1.807, 2.05) is 13.8 Å². The minimum Gasteiger partial charge on any atom is -0.300 e. The highest BCUT2D eigenvalue weighted by atomic mass is 16.1. The molecule has 0 aromatic carbocycles. The molecule has 0 radical (unpaired) electrons. The van der Waals surface area contributed by atoms with Gasteiger partial charge in [0, 0.05) is 18.8 Å². The summed E-state index contributed by atoms with van der Waals surface area (Å²) in [5.41, 5.74) is 1.02. The average Bonchev–Trinajstić information content (AvgIpc) is 2.13.